The summed E-state index contributed by atoms with van der Waals surface area (Å²) < 4.78 is 1.30. The van der Waals surface area contributed by atoms with Crippen molar-refractivity contribution in [1.82, 2.24) is 5.32 Å². The van der Waals surface area contributed by atoms with Gasteiger partial charge in [0.05, 0.1) is 0 Å². The van der Waals surface area contributed by atoms with Gasteiger partial charge in [0, 0.05) is 6.54 Å². The summed E-state index contributed by atoms with van der Waals surface area (Å²) in [7, 11) is 0. The molecule has 0 bridgehead atoms. The Morgan fingerprint density at radius 1 is 0.947 bits per heavy atom. The Morgan fingerprint density at radius 2 is 1.58 bits per heavy atom. The van der Waals surface area contributed by atoms with E-state index in [0.29, 0.717) is 0 Å². The summed E-state index contributed by atoms with van der Waals surface area (Å²) in [6.07, 6.45) is 5.41. The van der Waals surface area contributed by atoms with E-state index >= 15 is 0 Å². The third-order valence-electron chi connectivity index (χ3n) is 3.39. The molecule has 0 saturated heterocycles. The van der Waals surface area contributed by atoms with Crippen molar-refractivity contribution in [3.63, 3.8) is 0 Å². The van der Waals surface area contributed by atoms with Gasteiger partial charge in [-0.25, -0.2) is 0 Å². The molecule has 0 aliphatic carbocycles. The van der Waals surface area contributed by atoms with Gasteiger partial charge >= 0.3 is 0 Å². The number of halogens is 1. The van der Waals surface area contributed by atoms with Crippen molar-refractivity contribution in [2.75, 3.05) is 11.0 Å². The van der Waals surface area contributed by atoms with Crippen LogP contribution in [-0.2, 0) is 12.0 Å². The molecule has 0 radical (unpaired) electrons. The van der Waals surface area contributed by atoms with Crippen LogP contribution in [0.15, 0.2) is 24.3 Å². The second kappa shape index (κ2) is 8.96. The van der Waals surface area contributed by atoms with Crippen LogP contribution in [0.5, 0.6) is 0 Å². The fourth-order valence-corrected chi connectivity index (χ4v) is 2.59. The quantitative estimate of drug-likeness (QED) is 0.381. The van der Waals surface area contributed by atoms with E-state index in [1.165, 1.54) is 41.2 Å². The van der Waals surface area contributed by atoms with Gasteiger partial charge in [0.2, 0.25) is 0 Å². The molecule has 108 valence electrons. The van der Waals surface area contributed by atoms with Crippen molar-refractivity contribution in [3.05, 3.63) is 35.4 Å². The van der Waals surface area contributed by atoms with Crippen LogP contribution in [-0.4, -0.2) is 11.0 Å². The van der Waals surface area contributed by atoms with Gasteiger partial charge in [0.15, 0.2) is 0 Å². The summed E-state index contributed by atoms with van der Waals surface area (Å²) in [6, 6.07) is 9.03. The fourth-order valence-electron chi connectivity index (χ4n) is 2.05. The zero-order chi connectivity index (χ0) is 14.1. The minimum Gasteiger partial charge on any atom is -0.313 e. The van der Waals surface area contributed by atoms with Gasteiger partial charge in [-0.05, 0) is 40.4 Å². The van der Waals surface area contributed by atoms with Gasteiger partial charge < -0.3 is 5.32 Å². The number of rotatable bonds is 8. The topological polar surface area (TPSA) is 12.0 Å². The number of hydrogen-bond acceptors (Lipinski definition) is 1. The number of hydrogen-bond donors (Lipinski definition) is 1. The Bertz CT molecular complexity index is 337. The first-order valence-electron chi connectivity index (χ1n) is 7.40. The number of unbranched alkanes of at least 4 members (excludes halogenated alkanes) is 3. The molecular formula is C17H28IN. The summed E-state index contributed by atoms with van der Waals surface area (Å²) in [4.78, 5) is 0. The Balaban J connectivity index is 2.20. The number of nitrogens with one attached hydrogen (secondary N) is 1. The minimum atomic E-state index is 0.255. The van der Waals surface area contributed by atoms with E-state index in [4.69, 9.17) is 0 Å². The Labute approximate surface area is 132 Å². The van der Waals surface area contributed by atoms with Gasteiger partial charge in [-0.1, -0.05) is 80.5 Å². The van der Waals surface area contributed by atoms with Crippen LogP contribution in [0.4, 0.5) is 0 Å². The van der Waals surface area contributed by atoms with Gasteiger partial charge in [0.1, 0.15) is 0 Å². The van der Waals surface area contributed by atoms with E-state index < -0.39 is 0 Å². The highest BCUT2D eigenvalue weighted by Crippen LogP contribution is 2.22. The van der Waals surface area contributed by atoms with Crippen molar-refractivity contribution in [2.24, 2.45) is 0 Å². The summed E-state index contributed by atoms with van der Waals surface area (Å²) in [5.74, 6) is 0. The highest BCUT2D eigenvalue weighted by molar-refractivity contribution is 14.1. The van der Waals surface area contributed by atoms with Crippen molar-refractivity contribution >= 4 is 22.6 Å². The van der Waals surface area contributed by atoms with Gasteiger partial charge in [-0.3, -0.25) is 0 Å². The molecule has 0 aliphatic heterocycles. The largest absolute Gasteiger partial charge is 0.313 e. The van der Waals surface area contributed by atoms with Crippen LogP contribution in [0.2, 0.25) is 0 Å². The third-order valence-corrected chi connectivity index (χ3v) is 4.15. The van der Waals surface area contributed by atoms with E-state index in [0.717, 1.165) is 13.1 Å². The molecule has 0 aliphatic rings. The molecule has 1 aromatic rings. The van der Waals surface area contributed by atoms with Gasteiger partial charge in [0.25, 0.3) is 0 Å². The smallest absolute Gasteiger partial charge is 0.0205 e. The Kier molecular flexibility index (Phi) is 8.00. The first kappa shape index (κ1) is 17.0. The molecule has 1 nitrogen and oxygen atoms in total. The molecule has 1 N–H and O–H groups in total. The molecule has 0 unspecified atom stereocenters. The lowest BCUT2D eigenvalue weighted by Crippen LogP contribution is -2.15. The summed E-state index contributed by atoms with van der Waals surface area (Å²) in [6.45, 7) is 8.92. The van der Waals surface area contributed by atoms with Crippen LogP contribution in [0.3, 0.4) is 0 Å². The maximum absolute atomic E-state index is 3.53. The second-order valence-electron chi connectivity index (χ2n) is 6.23. The molecule has 1 aromatic carbocycles. The van der Waals surface area contributed by atoms with Crippen LogP contribution in [0.1, 0.15) is 57.6 Å². The van der Waals surface area contributed by atoms with Crippen LogP contribution >= 0.6 is 22.6 Å². The predicted molar refractivity (Wildman–Crippen MR) is 94.2 cm³/mol. The average molecular weight is 373 g/mol. The van der Waals surface area contributed by atoms with E-state index in [1.807, 2.05) is 0 Å². The lowest BCUT2D eigenvalue weighted by atomic mass is 9.87. The minimum absolute atomic E-state index is 0.255. The monoisotopic (exact) mass is 373 g/mol. The predicted octanol–water partition coefficient (Wildman–Crippen LogP) is 5.07. The lowest BCUT2D eigenvalue weighted by molar-refractivity contribution is 0.587. The molecular weight excluding hydrogens is 345 g/mol. The molecule has 0 aromatic heterocycles. The van der Waals surface area contributed by atoms with Gasteiger partial charge in [-0.2, -0.15) is 0 Å². The molecule has 19 heavy (non-hydrogen) atoms. The molecule has 0 amide bonds. The standard InChI is InChI=1S/C17H28IN/c1-17(2,3)16-10-8-15(9-11-16)14-19-13-7-5-4-6-12-18/h8-11,19H,4-7,12-14H2,1-3H3. The first-order chi connectivity index (χ1) is 9.04. The zero-order valence-electron chi connectivity index (χ0n) is 12.6. The molecule has 1 rings (SSSR count). The average Bonchev–Trinajstić information content (AvgIpc) is 2.37. The number of benzene rings is 1. The Morgan fingerprint density at radius 3 is 2.16 bits per heavy atom. The van der Waals surface area contributed by atoms with E-state index in [2.05, 4.69) is 72.9 Å². The summed E-state index contributed by atoms with van der Waals surface area (Å²) in [5, 5.41) is 3.53. The van der Waals surface area contributed by atoms with Crippen LogP contribution in [0, 0.1) is 0 Å². The zero-order valence-corrected chi connectivity index (χ0v) is 14.8. The maximum Gasteiger partial charge on any atom is 0.0205 e. The second-order valence-corrected chi connectivity index (χ2v) is 7.31. The Hall–Kier alpha value is -0.0900. The van der Waals surface area contributed by atoms with E-state index in [9.17, 15) is 0 Å². The molecule has 2 heteroatoms. The van der Waals surface area contributed by atoms with Crippen LogP contribution < -0.4 is 5.32 Å². The maximum atomic E-state index is 3.53. The molecule has 0 atom stereocenters. The molecule has 0 heterocycles. The van der Waals surface area contributed by atoms with Crippen molar-refractivity contribution in [2.45, 2.75) is 58.4 Å². The highest BCUT2D eigenvalue weighted by Gasteiger charge is 2.12. The van der Waals surface area contributed by atoms with Crippen LogP contribution in [0.25, 0.3) is 0 Å². The molecule has 0 spiro atoms. The molecule has 0 saturated carbocycles. The SMILES string of the molecule is CC(C)(C)c1ccc(CNCCCCCCI)cc1. The van der Waals surface area contributed by atoms with E-state index in [1.54, 1.807) is 0 Å². The van der Waals surface area contributed by atoms with E-state index in [-0.39, 0.29) is 5.41 Å². The fraction of sp³-hybridized carbons (Fsp3) is 0.647. The van der Waals surface area contributed by atoms with Gasteiger partial charge in [-0.15, -0.1) is 0 Å². The van der Waals surface area contributed by atoms with Crippen molar-refractivity contribution < 1.29 is 0 Å². The normalized spacial score (nSPS) is 11.8. The summed E-state index contributed by atoms with van der Waals surface area (Å²) in [5.41, 5.74) is 3.06. The number of alkyl halides is 1. The third kappa shape index (κ3) is 7.31. The lowest BCUT2D eigenvalue weighted by Gasteiger charge is -2.19. The van der Waals surface area contributed by atoms with Crippen molar-refractivity contribution in [3.8, 4) is 0 Å². The highest BCUT2D eigenvalue weighted by atomic mass is 127. The first-order valence-corrected chi connectivity index (χ1v) is 8.92. The van der Waals surface area contributed by atoms with Crippen molar-refractivity contribution in [1.29, 1.82) is 0 Å². The molecule has 0 fully saturated rings. The summed E-state index contributed by atoms with van der Waals surface area (Å²) >= 11 is 2.46.